The van der Waals surface area contributed by atoms with E-state index in [1.807, 2.05) is 12.1 Å². The Morgan fingerprint density at radius 3 is 3.04 bits per heavy atom. The number of hydrogen-bond acceptors (Lipinski definition) is 5. The molecule has 2 saturated heterocycles. The molecule has 0 saturated carbocycles. The lowest BCUT2D eigenvalue weighted by atomic mass is 10.1. The first kappa shape index (κ1) is 21.3. The van der Waals surface area contributed by atoms with Crippen LogP contribution in [0.5, 0.6) is 0 Å². The van der Waals surface area contributed by atoms with Crippen molar-refractivity contribution in [1.82, 2.24) is 15.6 Å². The summed E-state index contributed by atoms with van der Waals surface area (Å²) >= 11 is 6.17. The number of nitrogens with one attached hydrogen (secondary N) is 2. The van der Waals surface area contributed by atoms with Crippen molar-refractivity contribution in [3.05, 3.63) is 23.4 Å². The van der Waals surface area contributed by atoms with Gasteiger partial charge in [-0.25, -0.2) is 4.98 Å². The van der Waals surface area contributed by atoms with Crippen LogP contribution in [0.25, 0.3) is 0 Å². The van der Waals surface area contributed by atoms with Gasteiger partial charge in [0.2, 0.25) is 5.91 Å². The maximum absolute atomic E-state index is 12.1. The highest BCUT2D eigenvalue weighted by Gasteiger charge is 2.27. The highest BCUT2D eigenvalue weighted by Crippen LogP contribution is 2.25. The Bertz CT molecular complexity index is 529. The Morgan fingerprint density at radius 2 is 2.33 bits per heavy atom. The topological polar surface area (TPSA) is 66.5 Å². The predicted octanol–water partition coefficient (Wildman–Crippen LogP) is 1.65. The number of morpholine rings is 1. The molecule has 6 nitrogen and oxygen atoms in total. The smallest absolute Gasteiger partial charge is 0.221 e. The van der Waals surface area contributed by atoms with Gasteiger partial charge in [-0.2, -0.15) is 0 Å². The maximum atomic E-state index is 12.1. The summed E-state index contributed by atoms with van der Waals surface area (Å²) in [5.74, 6) is 0.866. The summed E-state index contributed by atoms with van der Waals surface area (Å²) in [7, 11) is 0. The minimum Gasteiger partial charge on any atom is -0.378 e. The predicted molar refractivity (Wildman–Crippen MR) is 99.7 cm³/mol. The summed E-state index contributed by atoms with van der Waals surface area (Å²) in [6.45, 7) is 3.74. The van der Waals surface area contributed by atoms with E-state index in [9.17, 15) is 4.79 Å². The van der Waals surface area contributed by atoms with Gasteiger partial charge in [-0.15, -0.1) is 24.8 Å². The van der Waals surface area contributed by atoms with Gasteiger partial charge in [0.05, 0.1) is 18.2 Å². The molecule has 0 aliphatic carbocycles. The minimum absolute atomic E-state index is 0. The fraction of sp³-hybridized carbons (Fsp3) is 0.600. The van der Waals surface area contributed by atoms with Crippen LogP contribution in [0.15, 0.2) is 18.3 Å². The van der Waals surface area contributed by atoms with Gasteiger partial charge in [0.25, 0.3) is 0 Å². The van der Waals surface area contributed by atoms with Crippen molar-refractivity contribution < 1.29 is 9.53 Å². The van der Waals surface area contributed by atoms with Gasteiger partial charge in [-0.3, -0.25) is 4.79 Å². The van der Waals surface area contributed by atoms with Crippen LogP contribution in [0, 0.1) is 0 Å². The van der Waals surface area contributed by atoms with E-state index in [0.717, 1.165) is 38.5 Å². The van der Waals surface area contributed by atoms with E-state index in [1.165, 1.54) is 0 Å². The number of carbonyl (C=O) groups excluding carboxylic acids is 1. The monoisotopic (exact) mass is 396 g/mol. The van der Waals surface area contributed by atoms with E-state index >= 15 is 0 Å². The SMILES string of the molecule is Cl.Cl.O=C(CC1COCCN1)NC1CCN(c2ncccc2Cl)C1. The summed E-state index contributed by atoms with van der Waals surface area (Å²) in [5.41, 5.74) is 0. The second-order valence-electron chi connectivity index (χ2n) is 5.74. The first-order chi connectivity index (χ1) is 10.7. The molecular formula is C15H23Cl3N4O2. The lowest BCUT2D eigenvalue weighted by molar-refractivity contribution is -0.122. The summed E-state index contributed by atoms with van der Waals surface area (Å²) < 4.78 is 5.37. The van der Waals surface area contributed by atoms with Gasteiger partial charge < -0.3 is 20.3 Å². The fourth-order valence-electron chi connectivity index (χ4n) is 2.94. The molecule has 3 rings (SSSR count). The molecular weight excluding hydrogens is 375 g/mol. The molecule has 2 atom stereocenters. The number of aromatic nitrogens is 1. The van der Waals surface area contributed by atoms with Gasteiger partial charge in [-0.1, -0.05) is 11.6 Å². The molecule has 0 spiro atoms. The van der Waals surface area contributed by atoms with Crippen LogP contribution in [0.1, 0.15) is 12.8 Å². The highest BCUT2D eigenvalue weighted by molar-refractivity contribution is 6.32. The minimum atomic E-state index is 0. The average Bonchev–Trinajstić information content (AvgIpc) is 2.97. The largest absolute Gasteiger partial charge is 0.378 e. The molecule has 1 aromatic rings. The number of halogens is 3. The Labute approximate surface area is 159 Å². The van der Waals surface area contributed by atoms with E-state index in [0.29, 0.717) is 18.1 Å². The molecule has 2 aliphatic rings. The third-order valence-corrected chi connectivity index (χ3v) is 4.32. The molecule has 2 unspecified atom stereocenters. The van der Waals surface area contributed by atoms with Gasteiger partial charge in [-0.05, 0) is 18.6 Å². The first-order valence-electron chi connectivity index (χ1n) is 7.68. The zero-order chi connectivity index (χ0) is 15.4. The Hall–Kier alpha value is -0.790. The third kappa shape index (κ3) is 5.63. The van der Waals surface area contributed by atoms with Crippen molar-refractivity contribution in [3.8, 4) is 0 Å². The molecule has 136 valence electrons. The van der Waals surface area contributed by atoms with E-state index < -0.39 is 0 Å². The van der Waals surface area contributed by atoms with Gasteiger partial charge in [0.15, 0.2) is 0 Å². The number of anilines is 1. The standard InChI is InChI=1S/C15H21ClN4O2.2ClH/c16-13-2-1-4-18-15(13)20-6-3-11(9-20)19-14(21)8-12-10-22-7-5-17-12;;/h1-2,4,11-12,17H,3,5-10H2,(H,19,21);2*1H. The van der Waals surface area contributed by atoms with Crippen LogP contribution in [-0.4, -0.2) is 55.8 Å². The fourth-order valence-corrected chi connectivity index (χ4v) is 3.18. The molecule has 0 bridgehead atoms. The molecule has 3 heterocycles. The zero-order valence-corrected chi connectivity index (χ0v) is 15.6. The second kappa shape index (κ2) is 10.3. The molecule has 0 aromatic carbocycles. The molecule has 0 radical (unpaired) electrons. The second-order valence-corrected chi connectivity index (χ2v) is 6.15. The Kier molecular flexibility index (Phi) is 9.08. The van der Waals surface area contributed by atoms with Crippen LogP contribution < -0.4 is 15.5 Å². The first-order valence-corrected chi connectivity index (χ1v) is 8.06. The van der Waals surface area contributed by atoms with Crippen molar-refractivity contribution in [2.45, 2.75) is 24.9 Å². The molecule has 2 N–H and O–H groups in total. The van der Waals surface area contributed by atoms with E-state index in [1.54, 1.807) is 6.20 Å². The molecule has 24 heavy (non-hydrogen) atoms. The summed E-state index contributed by atoms with van der Waals surface area (Å²) in [6.07, 6.45) is 3.11. The normalized spacial score (nSPS) is 23.1. The number of pyridine rings is 1. The average molecular weight is 398 g/mol. The maximum Gasteiger partial charge on any atom is 0.221 e. The number of carbonyl (C=O) groups is 1. The number of amides is 1. The quantitative estimate of drug-likeness (QED) is 0.809. The summed E-state index contributed by atoms with van der Waals surface area (Å²) in [4.78, 5) is 18.6. The summed E-state index contributed by atoms with van der Waals surface area (Å²) in [6, 6.07) is 3.93. The van der Waals surface area contributed by atoms with Gasteiger partial charge in [0.1, 0.15) is 5.82 Å². The summed E-state index contributed by atoms with van der Waals surface area (Å²) in [5, 5.41) is 7.04. The van der Waals surface area contributed by atoms with Crippen LogP contribution >= 0.6 is 36.4 Å². The van der Waals surface area contributed by atoms with Crippen LogP contribution in [0.4, 0.5) is 5.82 Å². The number of ether oxygens (including phenoxy) is 1. The van der Waals surface area contributed by atoms with E-state index in [2.05, 4.69) is 20.5 Å². The Balaban J connectivity index is 0.00000144. The van der Waals surface area contributed by atoms with Crippen LogP contribution in [-0.2, 0) is 9.53 Å². The highest BCUT2D eigenvalue weighted by atomic mass is 35.5. The number of nitrogens with zero attached hydrogens (tertiary/aromatic N) is 2. The van der Waals surface area contributed by atoms with Crippen molar-refractivity contribution >= 4 is 48.1 Å². The van der Waals surface area contributed by atoms with Gasteiger partial charge >= 0.3 is 0 Å². The van der Waals surface area contributed by atoms with Crippen molar-refractivity contribution in [1.29, 1.82) is 0 Å². The third-order valence-electron chi connectivity index (χ3n) is 4.02. The lowest BCUT2D eigenvalue weighted by Gasteiger charge is -2.24. The van der Waals surface area contributed by atoms with Crippen LogP contribution in [0.3, 0.4) is 0 Å². The Morgan fingerprint density at radius 1 is 1.50 bits per heavy atom. The molecule has 2 aliphatic heterocycles. The lowest BCUT2D eigenvalue weighted by Crippen LogP contribution is -2.46. The number of hydrogen-bond donors (Lipinski definition) is 2. The van der Waals surface area contributed by atoms with Crippen LogP contribution in [0.2, 0.25) is 5.02 Å². The number of rotatable bonds is 4. The van der Waals surface area contributed by atoms with Crippen molar-refractivity contribution in [2.24, 2.45) is 0 Å². The molecule has 1 amide bonds. The molecule has 1 aromatic heterocycles. The van der Waals surface area contributed by atoms with Crippen molar-refractivity contribution in [3.63, 3.8) is 0 Å². The molecule has 9 heteroatoms. The van der Waals surface area contributed by atoms with E-state index in [-0.39, 0.29) is 42.8 Å². The zero-order valence-electron chi connectivity index (χ0n) is 13.2. The van der Waals surface area contributed by atoms with Gasteiger partial charge in [0, 0.05) is 44.3 Å². The van der Waals surface area contributed by atoms with Crippen molar-refractivity contribution in [2.75, 3.05) is 37.7 Å². The molecule has 2 fully saturated rings. The van der Waals surface area contributed by atoms with E-state index in [4.69, 9.17) is 16.3 Å².